The molecule has 0 saturated carbocycles. The van der Waals surface area contributed by atoms with Gasteiger partial charge in [-0.25, -0.2) is 8.42 Å². The summed E-state index contributed by atoms with van der Waals surface area (Å²) in [5, 5.41) is 6.74. The number of aromatic nitrogens is 1. The van der Waals surface area contributed by atoms with Crippen LogP contribution < -0.4 is 14.8 Å². The van der Waals surface area contributed by atoms with Gasteiger partial charge in [-0.2, -0.15) is 0 Å². The predicted octanol–water partition coefficient (Wildman–Crippen LogP) is 4.19. The topological polar surface area (TPSA) is 111 Å². The summed E-state index contributed by atoms with van der Waals surface area (Å²) in [5.41, 5.74) is 3.68. The molecule has 0 bridgehead atoms. The van der Waals surface area contributed by atoms with E-state index in [2.05, 4.69) is 15.2 Å². The van der Waals surface area contributed by atoms with E-state index in [0.29, 0.717) is 34.0 Å². The summed E-state index contributed by atoms with van der Waals surface area (Å²) >= 11 is 0. The third kappa shape index (κ3) is 5.43. The van der Waals surface area contributed by atoms with Crippen LogP contribution in [0.1, 0.15) is 39.9 Å². The average molecular weight is 444 g/mol. The molecule has 0 unspecified atom stereocenters. The molecule has 0 radical (unpaired) electrons. The first-order chi connectivity index (χ1) is 14.7. The lowest BCUT2D eigenvalue weighted by Crippen LogP contribution is -2.16. The molecule has 0 aliphatic heterocycles. The Morgan fingerprint density at radius 2 is 1.87 bits per heavy atom. The number of rotatable bonds is 8. The Balaban J connectivity index is 1.74. The summed E-state index contributed by atoms with van der Waals surface area (Å²) in [6.45, 7) is 7.21. The van der Waals surface area contributed by atoms with Gasteiger partial charge in [0.15, 0.2) is 0 Å². The quantitative estimate of drug-likeness (QED) is 0.540. The van der Waals surface area contributed by atoms with Crippen LogP contribution in [0.4, 0.5) is 11.4 Å². The number of anilines is 2. The van der Waals surface area contributed by atoms with E-state index in [9.17, 15) is 13.2 Å². The molecule has 9 heteroatoms. The number of amides is 1. The summed E-state index contributed by atoms with van der Waals surface area (Å²) in [7, 11) is -3.38. The minimum atomic E-state index is -3.38. The second kappa shape index (κ2) is 9.22. The molecule has 0 spiro atoms. The largest absolute Gasteiger partial charge is 0.488 e. The molecule has 0 fully saturated rings. The first-order valence-corrected chi connectivity index (χ1v) is 11.4. The number of hydrogen-bond acceptors (Lipinski definition) is 6. The van der Waals surface area contributed by atoms with Gasteiger partial charge >= 0.3 is 0 Å². The average Bonchev–Trinajstić information content (AvgIpc) is 3.06. The summed E-state index contributed by atoms with van der Waals surface area (Å²) in [4.78, 5) is 12.9. The maximum absolute atomic E-state index is 12.9. The van der Waals surface area contributed by atoms with Gasteiger partial charge in [-0.3, -0.25) is 9.52 Å². The molecular formula is C22H25N3O5S. The van der Waals surface area contributed by atoms with Crippen molar-refractivity contribution in [1.29, 1.82) is 0 Å². The van der Waals surface area contributed by atoms with Gasteiger partial charge < -0.3 is 14.6 Å². The van der Waals surface area contributed by atoms with Crippen LogP contribution in [-0.4, -0.2) is 25.2 Å². The Morgan fingerprint density at radius 1 is 1.13 bits per heavy atom. The van der Waals surface area contributed by atoms with Gasteiger partial charge in [0.25, 0.3) is 5.91 Å². The van der Waals surface area contributed by atoms with Crippen LogP contribution in [0.3, 0.4) is 0 Å². The molecule has 1 heterocycles. The SMILES string of the molecule is CCS(=O)(=O)Nc1ccc(NC(=O)c2ccccc2OCc2c(C)noc2C)cc1C. The number of nitrogens with one attached hydrogen (secondary N) is 2. The van der Waals surface area contributed by atoms with Crippen LogP contribution in [0.5, 0.6) is 5.75 Å². The van der Waals surface area contributed by atoms with Gasteiger partial charge in [-0.15, -0.1) is 0 Å². The highest BCUT2D eigenvalue weighted by atomic mass is 32.2. The lowest BCUT2D eigenvalue weighted by atomic mass is 10.1. The highest BCUT2D eigenvalue weighted by molar-refractivity contribution is 7.92. The van der Waals surface area contributed by atoms with Crippen LogP contribution >= 0.6 is 0 Å². The zero-order valence-corrected chi connectivity index (χ0v) is 18.7. The molecule has 0 saturated heterocycles. The third-order valence-corrected chi connectivity index (χ3v) is 6.11. The van der Waals surface area contributed by atoms with Crippen molar-refractivity contribution >= 4 is 27.3 Å². The van der Waals surface area contributed by atoms with Gasteiger partial charge in [0.2, 0.25) is 10.0 Å². The van der Waals surface area contributed by atoms with Crippen molar-refractivity contribution in [2.45, 2.75) is 34.3 Å². The highest BCUT2D eigenvalue weighted by Crippen LogP contribution is 2.25. The second-order valence-corrected chi connectivity index (χ2v) is 9.09. The number of para-hydroxylation sites is 1. The van der Waals surface area contributed by atoms with Crippen LogP contribution in [0, 0.1) is 20.8 Å². The standard InChI is InChI=1S/C22H25N3O5S/c1-5-31(27,28)25-20-11-10-17(12-14(20)2)23-22(26)18-8-6-7-9-21(18)29-13-19-15(3)24-30-16(19)4/h6-12,25H,5,13H2,1-4H3,(H,23,26). The van der Waals surface area contributed by atoms with E-state index >= 15 is 0 Å². The fourth-order valence-corrected chi connectivity index (χ4v) is 3.64. The molecule has 0 atom stereocenters. The van der Waals surface area contributed by atoms with Gasteiger partial charge in [-0.05, 0) is 63.6 Å². The third-order valence-electron chi connectivity index (χ3n) is 4.81. The number of hydrogen-bond donors (Lipinski definition) is 2. The van der Waals surface area contributed by atoms with Gasteiger partial charge in [-0.1, -0.05) is 17.3 Å². The number of carbonyl (C=O) groups is 1. The number of aryl methyl sites for hydroxylation is 3. The van der Waals surface area contributed by atoms with Crippen molar-refractivity contribution in [1.82, 2.24) is 5.16 Å². The van der Waals surface area contributed by atoms with Crippen molar-refractivity contribution in [3.8, 4) is 5.75 Å². The molecule has 3 rings (SSSR count). The molecule has 0 aliphatic carbocycles. The van der Waals surface area contributed by atoms with Gasteiger partial charge in [0.05, 0.1) is 28.3 Å². The van der Waals surface area contributed by atoms with Crippen molar-refractivity contribution < 1.29 is 22.5 Å². The maximum Gasteiger partial charge on any atom is 0.259 e. The Labute approximate surface area is 181 Å². The van der Waals surface area contributed by atoms with Gasteiger partial charge in [0.1, 0.15) is 18.1 Å². The van der Waals surface area contributed by atoms with Crippen LogP contribution in [0.15, 0.2) is 47.0 Å². The zero-order valence-electron chi connectivity index (χ0n) is 17.9. The van der Waals surface area contributed by atoms with Crippen molar-refractivity contribution in [3.63, 3.8) is 0 Å². The molecule has 3 aromatic rings. The van der Waals surface area contributed by atoms with Crippen molar-refractivity contribution in [3.05, 3.63) is 70.6 Å². The summed E-state index contributed by atoms with van der Waals surface area (Å²) in [5.74, 6) is 0.753. The first-order valence-electron chi connectivity index (χ1n) is 9.76. The highest BCUT2D eigenvalue weighted by Gasteiger charge is 2.16. The number of ether oxygens (including phenoxy) is 1. The van der Waals surface area contributed by atoms with Crippen LogP contribution in [0.25, 0.3) is 0 Å². The molecule has 31 heavy (non-hydrogen) atoms. The number of benzene rings is 2. The molecule has 164 valence electrons. The summed E-state index contributed by atoms with van der Waals surface area (Å²) < 4.78 is 37.1. The summed E-state index contributed by atoms with van der Waals surface area (Å²) in [6, 6.07) is 11.9. The number of nitrogens with zero attached hydrogens (tertiary/aromatic N) is 1. The van der Waals surface area contributed by atoms with E-state index in [1.807, 2.05) is 13.8 Å². The van der Waals surface area contributed by atoms with E-state index in [-0.39, 0.29) is 18.3 Å². The molecule has 1 aromatic heterocycles. The number of carbonyl (C=O) groups excluding carboxylic acids is 1. The first kappa shape index (κ1) is 22.4. The van der Waals surface area contributed by atoms with Crippen molar-refractivity contribution in [2.75, 3.05) is 15.8 Å². The minimum Gasteiger partial charge on any atom is -0.488 e. The van der Waals surface area contributed by atoms with Crippen LogP contribution in [-0.2, 0) is 16.6 Å². The molecular weight excluding hydrogens is 418 g/mol. The number of sulfonamides is 1. The Morgan fingerprint density at radius 3 is 2.52 bits per heavy atom. The normalized spacial score (nSPS) is 11.2. The van der Waals surface area contributed by atoms with Crippen molar-refractivity contribution in [2.24, 2.45) is 0 Å². The minimum absolute atomic E-state index is 0.0182. The van der Waals surface area contributed by atoms with E-state index < -0.39 is 10.0 Å². The maximum atomic E-state index is 12.9. The summed E-state index contributed by atoms with van der Waals surface area (Å²) in [6.07, 6.45) is 0. The van der Waals surface area contributed by atoms with E-state index in [0.717, 1.165) is 11.3 Å². The predicted molar refractivity (Wildman–Crippen MR) is 119 cm³/mol. The van der Waals surface area contributed by atoms with E-state index in [4.69, 9.17) is 9.26 Å². The Hall–Kier alpha value is -3.33. The lowest BCUT2D eigenvalue weighted by Gasteiger charge is -2.13. The fraction of sp³-hybridized carbons (Fsp3) is 0.273. The Bertz CT molecular complexity index is 1180. The molecule has 1 amide bonds. The second-order valence-electron chi connectivity index (χ2n) is 7.08. The molecule has 0 aliphatic rings. The molecule has 2 N–H and O–H groups in total. The monoisotopic (exact) mass is 443 g/mol. The van der Waals surface area contributed by atoms with Crippen LogP contribution in [0.2, 0.25) is 0 Å². The smallest absolute Gasteiger partial charge is 0.259 e. The molecule has 2 aromatic carbocycles. The van der Waals surface area contributed by atoms with E-state index in [1.54, 1.807) is 56.3 Å². The lowest BCUT2D eigenvalue weighted by molar-refractivity contribution is 0.102. The van der Waals surface area contributed by atoms with Gasteiger partial charge in [0, 0.05) is 5.69 Å². The fourth-order valence-electron chi connectivity index (χ4n) is 2.93. The molecule has 8 nitrogen and oxygen atoms in total. The zero-order chi connectivity index (χ0) is 22.6. The Kier molecular flexibility index (Phi) is 6.65. The van der Waals surface area contributed by atoms with E-state index in [1.165, 1.54) is 0 Å².